The Bertz CT molecular complexity index is 734. The van der Waals surface area contributed by atoms with E-state index in [0.717, 1.165) is 29.9 Å². The molecule has 0 unspecified atom stereocenters. The molecule has 1 saturated heterocycles. The lowest BCUT2D eigenvalue weighted by Gasteiger charge is -2.21. The molecule has 4 N–H and O–H groups in total. The molecule has 7 heteroatoms. The topological polar surface area (TPSA) is 88.0 Å². The number of anilines is 1. The average Bonchev–Trinajstić information content (AvgIpc) is 2.90. The summed E-state index contributed by atoms with van der Waals surface area (Å²) in [5, 5.41) is 0.677. The minimum Gasteiger partial charge on any atom is -0.399 e. The van der Waals surface area contributed by atoms with Gasteiger partial charge in [-0.05, 0) is 48.5 Å². The number of nitrogens with one attached hydrogen (secondary N) is 2. The van der Waals surface area contributed by atoms with Gasteiger partial charge in [-0.25, -0.2) is 13.1 Å². The quantitative estimate of drug-likeness (QED) is 0.752. The van der Waals surface area contributed by atoms with Crippen LogP contribution in [0.15, 0.2) is 29.3 Å². The first-order valence-corrected chi connectivity index (χ1v) is 9.64. The van der Waals surface area contributed by atoms with Gasteiger partial charge >= 0.3 is 0 Å². The van der Waals surface area contributed by atoms with Crippen LogP contribution in [-0.2, 0) is 10.0 Å². The maximum Gasteiger partial charge on any atom is 0.242 e. The van der Waals surface area contributed by atoms with E-state index in [9.17, 15) is 8.42 Å². The summed E-state index contributed by atoms with van der Waals surface area (Å²) in [6.45, 7) is 0.518. The Morgan fingerprint density at radius 3 is 2.86 bits per heavy atom. The van der Waals surface area contributed by atoms with Gasteiger partial charge in [0.2, 0.25) is 10.0 Å². The van der Waals surface area contributed by atoms with E-state index in [4.69, 9.17) is 5.73 Å². The van der Waals surface area contributed by atoms with Crippen molar-refractivity contribution < 1.29 is 8.42 Å². The number of nitrogens with two attached hydrogens (primary N) is 1. The lowest BCUT2D eigenvalue weighted by Crippen LogP contribution is -2.30. The first-order chi connectivity index (χ1) is 10.1. The van der Waals surface area contributed by atoms with Crippen LogP contribution in [0.2, 0.25) is 0 Å². The summed E-state index contributed by atoms with van der Waals surface area (Å²) < 4.78 is 27.7. The summed E-state index contributed by atoms with van der Waals surface area (Å²) in [6, 6.07) is 5.20. The molecule has 0 spiro atoms. The lowest BCUT2D eigenvalue weighted by atomic mass is 10.0. The number of aromatic nitrogens is 1. The van der Waals surface area contributed by atoms with Crippen LogP contribution < -0.4 is 10.5 Å². The van der Waals surface area contributed by atoms with Gasteiger partial charge in [0.05, 0.1) is 0 Å². The molecule has 5 nitrogen and oxygen atoms in total. The van der Waals surface area contributed by atoms with Crippen LogP contribution in [0, 0.1) is 5.92 Å². The zero-order chi connectivity index (χ0) is 14.9. The maximum atomic E-state index is 12.5. The second-order valence-electron chi connectivity index (χ2n) is 5.37. The second kappa shape index (κ2) is 5.90. The molecular formula is C14H19N3O2S2. The molecule has 0 atom stereocenters. The Balaban J connectivity index is 1.79. The monoisotopic (exact) mass is 325 g/mol. The molecule has 3 rings (SSSR count). The summed E-state index contributed by atoms with van der Waals surface area (Å²) in [5.74, 6) is 2.69. The molecule has 0 saturated carbocycles. The van der Waals surface area contributed by atoms with E-state index in [1.807, 2.05) is 11.8 Å². The summed E-state index contributed by atoms with van der Waals surface area (Å²) in [7, 11) is -3.48. The fraction of sp³-hybridized carbons (Fsp3) is 0.429. The highest BCUT2D eigenvalue weighted by atomic mass is 32.2. The van der Waals surface area contributed by atoms with E-state index in [1.54, 1.807) is 18.2 Å². The molecule has 21 heavy (non-hydrogen) atoms. The van der Waals surface area contributed by atoms with Crippen LogP contribution in [0.4, 0.5) is 5.69 Å². The Morgan fingerprint density at radius 2 is 2.10 bits per heavy atom. The number of aromatic amines is 1. The predicted octanol–water partition coefficient (Wildman–Crippen LogP) is 2.17. The fourth-order valence-corrected chi connectivity index (χ4v) is 5.09. The number of rotatable bonds is 4. The van der Waals surface area contributed by atoms with Crippen molar-refractivity contribution in [2.45, 2.75) is 17.7 Å². The van der Waals surface area contributed by atoms with Gasteiger partial charge in [0.25, 0.3) is 0 Å². The summed E-state index contributed by atoms with van der Waals surface area (Å²) >= 11 is 1.94. The predicted molar refractivity (Wildman–Crippen MR) is 87.9 cm³/mol. The van der Waals surface area contributed by atoms with Gasteiger partial charge < -0.3 is 10.7 Å². The van der Waals surface area contributed by atoms with Gasteiger partial charge in [-0.1, -0.05) is 0 Å². The Morgan fingerprint density at radius 1 is 1.33 bits per heavy atom. The molecule has 0 radical (unpaired) electrons. The summed E-state index contributed by atoms with van der Waals surface area (Å²) in [5.41, 5.74) is 7.06. The standard InChI is InChI=1S/C14H19N3O2S2/c15-11-1-2-12-13(7-11)16-9-14(12)21(18,19)17-8-10-3-5-20-6-4-10/h1-2,7,9-10,16-17H,3-6,8,15H2. The van der Waals surface area contributed by atoms with Crippen molar-refractivity contribution in [2.75, 3.05) is 23.8 Å². The largest absolute Gasteiger partial charge is 0.399 e. The van der Waals surface area contributed by atoms with Gasteiger partial charge in [0.15, 0.2) is 0 Å². The third-order valence-electron chi connectivity index (χ3n) is 3.86. The number of sulfonamides is 1. The Labute approximate surface area is 128 Å². The molecular weight excluding hydrogens is 306 g/mol. The van der Waals surface area contributed by atoms with Crippen LogP contribution in [0.3, 0.4) is 0 Å². The number of hydrogen-bond acceptors (Lipinski definition) is 4. The second-order valence-corrected chi connectivity index (χ2v) is 8.33. The highest BCUT2D eigenvalue weighted by Gasteiger charge is 2.21. The molecule has 1 aromatic heterocycles. The van der Waals surface area contributed by atoms with E-state index in [2.05, 4.69) is 9.71 Å². The van der Waals surface area contributed by atoms with Gasteiger partial charge in [-0.3, -0.25) is 0 Å². The van der Waals surface area contributed by atoms with E-state index >= 15 is 0 Å². The summed E-state index contributed by atoms with van der Waals surface area (Å²) in [6.07, 6.45) is 3.69. The van der Waals surface area contributed by atoms with Crippen molar-refractivity contribution >= 4 is 38.4 Å². The molecule has 2 aromatic rings. The third kappa shape index (κ3) is 3.20. The number of H-pyrrole nitrogens is 1. The lowest BCUT2D eigenvalue weighted by molar-refractivity contribution is 0.477. The van der Waals surface area contributed by atoms with E-state index in [1.165, 1.54) is 6.20 Å². The van der Waals surface area contributed by atoms with E-state index in [-0.39, 0.29) is 0 Å². The number of benzene rings is 1. The van der Waals surface area contributed by atoms with Crippen LogP contribution >= 0.6 is 11.8 Å². The minimum absolute atomic E-state index is 0.294. The van der Waals surface area contributed by atoms with E-state index in [0.29, 0.717) is 28.4 Å². The van der Waals surface area contributed by atoms with E-state index < -0.39 is 10.0 Å². The number of fused-ring (bicyclic) bond motifs is 1. The maximum absolute atomic E-state index is 12.5. The van der Waals surface area contributed by atoms with Crippen LogP contribution in [0.5, 0.6) is 0 Å². The molecule has 1 aliphatic heterocycles. The highest BCUT2D eigenvalue weighted by Crippen LogP contribution is 2.26. The van der Waals surface area contributed by atoms with Crippen molar-refractivity contribution in [2.24, 2.45) is 5.92 Å². The summed E-state index contributed by atoms with van der Waals surface area (Å²) in [4.78, 5) is 3.26. The van der Waals surface area contributed by atoms with Crippen LogP contribution in [-0.4, -0.2) is 31.5 Å². The smallest absolute Gasteiger partial charge is 0.242 e. The zero-order valence-corrected chi connectivity index (χ0v) is 13.3. The molecule has 2 heterocycles. The molecule has 0 bridgehead atoms. The minimum atomic E-state index is -3.48. The molecule has 0 aliphatic carbocycles. The molecule has 1 aliphatic rings. The van der Waals surface area contributed by atoms with Gasteiger partial charge in [0.1, 0.15) is 4.90 Å². The van der Waals surface area contributed by atoms with Gasteiger partial charge in [-0.15, -0.1) is 0 Å². The van der Waals surface area contributed by atoms with Crippen molar-refractivity contribution in [1.82, 2.24) is 9.71 Å². The third-order valence-corrected chi connectivity index (χ3v) is 6.37. The normalized spacial score (nSPS) is 17.3. The highest BCUT2D eigenvalue weighted by molar-refractivity contribution is 7.99. The molecule has 1 fully saturated rings. The molecule has 0 amide bonds. The van der Waals surface area contributed by atoms with Crippen LogP contribution in [0.1, 0.15) is 12.8 Å². The molecule has 1 aromatic carbocycles. The average molecular weight is 325 g/mol. The Kier molecular flexibility index (Phi) is 4.14. The Hall–Kier alpha value is -1.18. The first kappa shape index (κ1) is 14.7. The van der Waals surface area contributed by atoms with Gasteiger partial charge in [0, 0.05) is 29.3 Å². The first-order valence-electron chi connectivity index (χ1n) is 7.00. The fourth-order valence-electron chi connectivity index (χ4n) is 2.60. The SMILES string of the molecule is Nc1ccc2c(S(=O)(=O)NCC3CCSCC3)c[nH]c2c1. The van der Waals surface area contributed by atoms with Crippen LogP contribution in [0.25, 0.3) is 10.9 Å². The van der Waals surface area contributed by atoms with Crippen molar-refractivity contribution in [3.8, 4) is 0 Å². The van der Waals surface area contributed by atoms with Crippen molar-refractivity contribution in [3.63, 3.8) is 0 Å². The number of thioether (sulfide) groups is 1. The number of nitrogen functional groups attached to an aromatic ring is 1. The zero-order valence-electron chi connectivity index (χ0n) is 11.6. The van der Waals surface area contributed by atoms with Gasteiger partial charge in [-0.2, -0.15) is 11.8 Å². The van der Waals surface area contributed by atoms with Crippen molar-refractivity contribution in [3.05, 3.63) is 24.4 Å². The van der Waals surface area contributed by atoms with Crippen molar-refractivity contribution in [1.29, 1.82) is 0 Å². The number of hydrogen-bond donors (Lipinski definition) is 3. The molecule has 114 valence electrons.